The highest BCUT2D eigenvalue weighted by Crippen LogP contribution is 2.26. The zero-order valence-electron chi connectivity index (χ0n) is 9.56. The van der Waals surface area contributed by atoms with E-state index in [4.69, 9.17) is 10.3 Å². The lowest BCUT2D eigenvalue weighted by atomic mass is 10.1. The predicted octanol–water partition coefficient (Wildman–Crippen LogP) is 2.78. The molecule has 0 spiro atoms. The van der Waals surface area contributed by atoms with Gasteiger partial charge in [0.15, 0.2) is 5.82 Å². The average Bonchev–Trinajstić information content (AvgIpc) is 2.78. The van der Waals surface area contributed by atoms with Crippen LogP contribution in [0.25, 0.3) is 11.5 Å². The maximum Gasteiger partial charge on any atom is 0.259 e. The van der Waals surface area contributed by atoms with E-state index in [2.05, 4.69) is 26.1 Å². The van der Waals surface area contributed by atoms with Gasteiger partial charge in [0.05, 0.1) is 5.56 Å². The van der Waals surface area contributed by atoms with Gasteiger partial charge in [0, 0.05) is 16.9 Å². The van der Waals surface area contributed by atoms with Crippen molar-refractivity contribution >= 4 is 15.9 Å². The molecule has 17 heavy (non-hydrogen) atoms. The fraction of sp³-hybridized carbons (Fsp3) is 0.333. The minimum absolute atomic E-state index is 0.0830. The summed E-state index contributed by atoms with van der Waals surface area (Å²) in [7, 11) is 0. The van der Waals surface area contributed by atoms with Gasteiger partial charge in [-0.1, -0.05) is 24.2 Å². The van der Waals surface area contributed by atoms with Crippen LogP contribution in [0, 0.1) is 0 Å². The lowest BCUT2D eigenvalue weighted by Crippen LogP contribution is -2.21. The van der Waals surface area contributed by atoms with Crippen LogP contribution in [0.15, 0.2) is 33.3 Å². The minimum atomic E-state index is 0.0830. The molecule has 0 aliphatic heterocycles. The van der Waals surface area contributed by atoms with Gasteiger partial charge < -0.3 is 10.3 Å². The molecule has 0 fully saturated rings. The summed E-state index contributed by atoms with van der Waals surface area (Å²) >= 11 is 3.45. The highest BCUT2D eigenvalue weighted by atomic mass is 79.9. The molecular formula is C12H14BrN3O. The summed E-state index contributed by atoms with van der Waals surface area (Å²) in [5, 5.41) is 3.93. The molecule has 0 saturated heterocycles. The van der Waals surface area contributed by atoms with Gasteiger partial charge in [-0.25, -0.2) is 0 Å². The Morgan fingerprint density at radius 3 is 2.88 bits per heavy atom. The van der Waals surface area contributed by atoms with Crippen LogP contribution in [0.5, 0.6) is 0 Å². The second kappa shape index (κ2) is 5.42. The summed E-state index contributed by atoms with van der Waals surface area (Å²) in [5.74, 6) is 1.18. The van der Waals surface area contributed by atoms with Crippen LogP contribution in [0.1, 0.15) is 19.2 Å². The van der Waals surface area contributed by atoms with Crippen molar-refractivity contribution in [3.8, 4) is 11.5 Å². The monoisotopic (exact) mass is 295 g/mol. The van der Waals surface area contributed by atoms with Crippen molar-refractivity contribution in [2.24, 2.45) is 5.73 Å². The van der Waals surface area contributed by atoms with Crippen molar-refractivity contribution in [1.82, 2.24) is 10.1 Å². The number of rotatable bonds is 4. The molecule has 1 unspecified atom stereocenters. The van der Waals surface area contributed by atoms with E-state index in [1.807, 2.05) is 31.2 Å². The quantitative estimate of drug-likeness (QED) is 0.942. The summed E-state index contributed by atoms with van der Waals surface area (Å²) in [4.78, 5) is 4.34. The van der Waals surface area contributed by atoms with Crippen molar-refractivity contribution in [2.45, 2.75) is 25.8 Å². The lowest BCUT2D eigenvalue weighted by Gasteiger charge is -2.02. The van der Waals surface area contributed by atoms with E-state index in [9.17, 15) is 0 Å². The smallest absolute Gasteiger partial charge is 0.259 e. The average molecular weight is 296 g/mol. The van der Waals surface area contributed by atoms with Crippen LogP contribution in [-0.4, -0.2) is 16.2 Å². The van der Waals surface area contributed by atoms with Crippen LogP contribution < -0.4 is 5.73 Å². The molecule has 0 amide bonds. The van der Waals surface area contributed by atoms with E-state index in [0.717, 1.165) is 16.5 Å². The first-order valence-electron chi connectivity index (χ1n) is 5.53. The molecule has 2 rings (SSSR count). The first-order chi connectivity index (χ1) is 8.20. The number of halogens is 1. The topological polar surface area (TPSA) is 64.9 Å². The summed E-state index contributed by atoms with van der Waals surface area (Å²) < 4.78 is 6.17. The van der Waals surface area contributed by atoms with Gasteiger partial charge in [-0.2, -0.15) is 4.98 Å². The number of hydrogen-bond donors (Lipinski definition) is 1. The highest BCUT2D eigenvalue weighted by molar-refractivity contribution is 9.10. The molecular weight excluding hydrogens is 282 g/mol. The Morgan fingerprint density at radius 2 is 2.18 bits per heavy atom. The van der Waals surface area contributed by atoms with Crippen molar-refractivity contribution in [1.29, 1.82) is 0 Å². The molecule has 90 valence electrons. The molecule has 1 aromatic carbocycles. The van der Waals surface area contributed by atoms with Crippen molar-refractivity contribution < 1.29 is 4.52 Å². The number of nitrogens with zero attached hydrogens (tertiary/aromatic N) is 2. The zero-order valence-corrected chi connectivity index (χ0v) is 11.1. The van der Waals surface area contributed by atoms with Crippen LogP contribution in [-0.2, 0) is 6.42 Å². The van der Waals surface area contributed by atoms with E-state index in [1.165, 1.54) is 0 Å². The molecule has 0 saturated carbocycles. The van der Waals surface area contributed by atoms with E-state index in [-0.39, 0.29) is 6.04 Å². The number of hydrogen-bond acceptors (Lipinski definition) is 4. The maximum atomic E-state index is 5.85. The second-order valence-corrected chi connectivity index (χ2v) is 4.72. The van der Waals surface area contributed by atoms with E-state index in [1.54, 1.807) is 0 Å². The van der Waals surface area contributed by atoms with Gasteiger partial charge >= 0.3 is 0 Å². The van der Waals surface area contributed by atoms with E-state index < -0.39 is 0 Å². The fourth-order valence-corrected chi connectivity index (χ4v) is 1.91. The molecule has 1 aromatic heterocycles. The normalized spacial score (nSPS) is 12.6. The molecule has 1 atom stereocenters. The SMILES string of the molecule is CCC(N)Cc1noc(-c2ccccc2Br)n1. The molecule has 2 aromatic rings. The van der Waals surface area contributed by atoms with Crippen LogP contribution in [0.3, 0.4) is 0 Å². The van der Waals surface area contributed by atoms with Gasteiger partial charge in [-0.05, 0) is 34.5 Å². The number of aromatic nitrogens is 2. The van der Waals surface area contributed by atoms with Crippen molar-refractivity contribution in [2.75, 3.05) is 0 Å². The van der Waals surface area contributed by atoms with Crippen LogP contribution in [0.2, 0.25) is 0 Å². The maximum absolute atomic E-state index is 5.85. The lowest BCUT2D eigenvalue weighted by molar-refractivity contribution is 0.419. The van der Waals surface area contributed by atoms with Crippen LogP contribution in [0.4, 0.5) is 0 Å². The molecule has 2 N–H and O–H groups in total. The Morgan fingerprint density at radius 1 is 1.41 bits per heavy atom. The number of nitrogens with two attached hydrogens (primary N) is 1. The van der Waals surface area contributed by atoms with Gasteiger partial charge in [0.25, 0.3) is 5.89 Å². The van der Waals surface area contributed by atoms with Gasteiger partial charge in [0.1, 0.15) is 0 Å². The Bertz CT molecular complexity index is 498. The molecule has 0 bridgehead atoms. The summed E-state index contributed by atoms with van der Waals surface area (Å²) in [6.07, 6.45) is 1.54. The van der Waals surface area contributed by atoms with Crippen LogP contribution >= 0.6 is 15.9 Å². The fourth-order valence-electron chi connectivity index (χ4n) is 1.46. The molecule has 4 nitrogen and oxygen atoms in total. The van der Waals surface area contributed by atoms with E-state index in [0.29, 0.717) is 18.1 Å². The van der Waals surface area contributed by atoms with Crippen molar-refractivity contribution in [3.63, 3.8) is 0 Å². The standard InChI is InChI=1S/C12H14BrN3O/c1-2-8(14)7-11-15-12(17-16-11)9-5-3-4-6-10(9)13/h3-6,8H,2,7,14H2,1H3. The number of benzene rings is 1. The summed E-state index contributed by atoms with van der Waals surface area (Å²) in [6.45, 7) is 2.04. The summed E-state index contributed by atoms with van der Waals surface area (Å²) in [6, 6.07) is 7.83. The van der Waals surface area contributed by atoms with Gasteiger partial charge in [-0.15, -0.1) is 0 Å². The predicted molar refractivity (Wildman–Crippen MR) is 69.4 cm³/mol. The van der Waals surface area contributed by atoms with Gasteiger partial charge in [0.2, 0.25) is 0 Å². The Balaban J connectivity index is 2.21. The minimum Gasteiger partial charge on any atom is -0.334 e. The summed E-state index contributed by atoms with van der Waals surface area (Å²) in [5.41, 5.74) is 6.75. The molecule has 0 radical (unpaired) electrons. The third-order valence-corrected chi connectivity index (χ3v) is 3.23. The molecule has 0 aliphatic carbocycles. The Hall–Kier alpha value is -1.20. The first kappa shape index (κ1) is 12.3. The second-order valence-electron chi connectivity index (χ2n) is 3.87. The third kappa shape index (κ3) is 2.92. The third-order valence-electron chi connectivity index (χ3n) is 2.54. The van der Waals surface area contributed by atoms with Crippen molar-refractivity contribution in [3.05, 3.63) is 34.6 Å². The first-order valence-corrected chi connectivity index (χ1v) is 6.33. The molecule has 1 heterocycles. The van der Waals surface area contributed by atoms with E-state index >= 15 is 0 Å². The molecule has 0 aliphatic rings. The molecule has 5 heteroatoms. The zero-order chi connectivity index (χ0) is 12.3. The largest absolute Gasteiger partial charge is 0.334 e. The Labute approximate surface area is 108 Å². The van der Waals surface area contributed by atoms with Gasteiger partial charge in [-0.3, -0.25) is 0 Å². The highest BCUT2D eigenvalue weighted by Gasteiger charge is 2.12. The Kier molecular flexibility index (Phi) is 3.91.